The maximum atomic E-state index is 12.6. The van der Waals surface area contributed by atoms with E-state index in [4.69, 9.17) is 16.1 Å². The predicted molar refractivity (Wildman–Crippen MR) is 104 cm³/mol. The molecule has 2 fully saturated rings. The third-order valence-corrected chi connectivity index (χ3v) is 5.79. The summed E-state index contributed by atoms with van der Waals surface area (Å²) in [6.45, 7) is 1.41. The molecular formula is C20H25ClN4O2. The van der Waals surface area contributed by atoms with E-state index in [0.29, 0.717) is 29.3 Å². The monoisotopic (exact) mass is 388 g/mol. The molecule has 1 aliphatic heterocycles. The Balaban J connectivity index is 1.39. The predicted octanol–water partition coefficient (Wildman–Crippen LogP) is 4.61. The molecule has 2 amide bonds. The summed E-state index contributed by atoms with van der Waals surface area (Å²) in [5.41, 5.74) is 0.872. The average Bonchev–Trinajstić information content (AvgIpc) is 3.20. The van der Waals surface area contributed by atoms with Crippen molar-refractivity contribution in [1.29, 1.82) is 0 Å². The molecule has 1 aromatic carbocycles. The Morgan fingerprint density at radius 3 is 2.67 bits per heavy atom. The summed E-state index contributed by atoms with van der Waals surface area (Å²) in [6, 6.07) is 7.75. The molecule has 1 saturated carbocycles. The van der Waals surface area contributed by atoms with Crippen LogP contribution in [0.2, 0.25) is 5.02 Å². The van der Waals surface area contributed by atoms with Gasteiger partial charge in [0.1, 0.15) is 0 Å². The van der Waals surface area contributed by atoms with Crippen molar-refractivity contribution < 1.29 is 9.32 Å². The van der Waals surface area contributed by atoms with Crippen LogP contribution in [0.5, 0.6) is 0 Å². The molecule has 1 atom stereocenters. The number of halogens is 1. The maximum absolute atomic E-state index is 12.6. The van der Waals surface area contributed by atoms with Gasteiger partial charge >= 0.3 is 6.03 Å². The van der Waals surface area contributed by atoms with Gasteiger partial charge < -0.3 is 14.7 Å². The number of carbonyl (C=O) groups excluding carboxylic acids is 1. The van der Waals surface area contributed by atoms with Crippen LogP contribution in [0, 0.1) is 0 Å². The Labute approximate surface area is 164 Å². The highest BCUT2D eigenvalue weighted by Gasteiger charge is 2.29. The lowest BCUT2D eigenvalue weighted by Crippen LogP contribution is -2.48. The number of carbonyl (C=O) groups is 1. The minimum absolute atomic E-state index is 0.0454. The van der Waals surface area contributed by atoms with Crippen molar-refractivity contribution in [2.75, 3.05) is 13.1 Å². The zero-order chi connectivity index (χ0) is 18.6. The zero-order valence-corrected chi connectivity index (χ0v) is 16.1. The third kappa shape index (κ3) is 4.43. The van der Waals surface area contributed by atoms with E-state index in [2.05, 4.69) is 15.5 Å². The Bertz CT molecular complexity index is 771. The molecule has 0 bridgehead atoms. The molecule has 1 aromatic heterocycles. The van der Waals surface area contributed by atoms with Gasteiger partial charge in [0.05, 0.1) is 5.92 Å². The molecule has 0 spiro atoms. The molecule has 6 nitrogen and oxygen atoms in total. The first-order valence-corrected chi connectivity index (χ1v) is 10.2. The summed E-state index contributed by atoms with van der Waals surface area (Å²) in [7, 11) is 0. The first-order valence-electron chi connectivity index (χ1n) is 9.84. The van der Waals surface area contributed by atoms with Gasteiger partial charge in [-0.1, -0.05) is 36.0 Å². The molecule has 27 heavy (non-hydrogen) atoms. The van der Waals surface area contributed by atoms with Crippen LogP contribution >= 0.6 is 11.6 Å². The van der Waals surface area contributed by atoms with Gasteiger partial charge in [0.15, 0.2) is 0 Å². The maximum Gasteiger partial charge on any atom is 0.317 e. The number of rotatable bonds is 3. The highest BCUT2D eigenvalue weighted by molar-refractivity contribution is 6.30. The van der Waals surface area contributed by atoms with Crippen LogP contribution < -0.4 is 5.32 Å². The van der Waals surface area contributed by atoms with E-state index in [1.807, 2.05) is 29.2 Å². The first-order chi connectivity index (χ1) is 13.2. The van der Waals surface area contributed by atoms with E-state index in [1.165, 1.54) is 19.3 Å². The highest BCUT2D eigenvalue weighted by Crippen LogP contribution is 2.28. The average molecular weight is 389 g/mol. The molecule has 2 aliphatic rings. The van der Waals surface area contributed by atoms with E-state index in [-0.39, 0.29) is 11.9 Å². The number of aromatic nitrogens is 2. The van der Waals surface area contributed by atoms with Crippen LogP contribution in [0.3, 0.4) is 0 Å². The van der Waals surface area contributed by atoms with Crippen molar-refractivity contribution >= 4 is 17.6 Å². The summed E-state index contributed by atoms with van der Waals surface area (Å²) in [4.78, 5) is 19.1. The van der Waals surface area contributed by atoms with Crippen molar-refractivity contribution in [2.24, 2.45) is 0 Å². The van der Waals surface area contributed by atoms with Crippen LogP contribution in [0.15, 0.2) is 28.8 Å². The van der Waals surface area contributed by atoms with Gasteiger partial charge in [-0.15, -0.1) is 0 Å². The smallest absolute Gasteiger partial charge is 0.317 e. The summed E-state index contributed by atoms with van der Waals surface area (Å²) < 4.78 is 5.51. The molecule has 144 valence electrons. The zero-order valence-electron chi connectivity index (χ0n) is 15.4. The number of benzene rings is 1. The van der Waals surface area contributed by atoms with Gasteiger partial charge in [-0.25, -0.2) is 4.79 Å². The van der Waals surface area contributed by atoms with E-state index in [0.717, 1.165) is 37.8 Å². The third-order valence-electron chi connectivity index (χ3n) is 5.53. The first kappa shape index (κ1) is 18.3. The Kier molecular flexibility index (Phi) is 5.62. The van der Waals surface area contributed by atoms with Crippen LogP contribution in [0.4, 0.5) is 4.79 Å². The Morgan fingerprint density at radius 2 is 1.89 bits per heavy atom. The fourth-order valence-corrected chi connectivity index (χ4v) is 4.12. The molecular weight excluding hydrogens is 364 g/mol. The topological polar surface area (TPSA) is 71.3 Å². The number of nitrogens with one attached hydrogen (secondary N) is 1. The number of hydrogen-bond acceptors (Lipinski definition) is 4. The largest absolute Gasteiger partial charge is 0.339 e. The lowest BCUT2D eigenvalue weighted by atomic mass is 9.95. The van der Waals surface area contributed by atoms with Crippen LogP contribution in [-0.4, -0.2) is 40.2 Å². The summed E-state index contributed by atoms with van der Waals surface area (Å²) >= 11 is 5.93. The summed E-state index contributed by atoms with van der Waals surface area (Å²) in [5, 5.41) is 7.99. The number of urea groups is 1. The fourth-order valence-electron chi connectivity index (χ4n) is 3.99. The second kappa shape index (κ2) is 8.30. The van der Waals surface area contributed by atoms with Crippen LogP contribution in [0.1, 0.15) is 56.8 Å². The van der Waals surface area contributed by atoms with Gasteiger partial charge in [0, 0.05) is 29.7 Å². The minimum Gasteiger partial charge on any atom is -0.339 e. The number of piperidine rings is 1. The SMILES string of the molecule is O=C(NC1CCCCC1)N1CCC[C@H](c2nc(-c3ccc(Cl)cc3)no2)C1. The van der Waals surface area contributed by atoms with Crippen LogP contribution in [-0.2, 0) is 0 Å². The normalized spacial score (nSPS) is 21.2. The molecule has 7 heteroatoms. The van der Waals surface area contributed by atoms with Gasteiger partial charge in [-0.05, 0) is 49.9 Å². The van der Waals surface area contributed by atoms with Gasteiger partial charge in [0.25, 0.3) is 0 Å². The molecule has 0 radical (unpaired) electrons. The van der Waals surface area contributed by atoms with Gasteiger partial charge in [-0.3, -0.25) is 0 Å². The highest BCUT2D eigenvalue weighted by atomic mass is 35.5. The van der Waals surface area contributed by atoms with Crippen molar-refractivity contribution in [3.63, 3.8) is 0 Å². The van der Waals surface area contributed by atoms with E-state index in [1.54, 1.807) is 0 Å². The Hall–Kier alpha value is -2.08. The molecule has 1 N–H and O–H groups in total. The number of hydrogen-bond donors (Lipinski definition) is 1. The van der Waals surface area contributed by atoms with Crippen molar-refractivity contribution in [3.05, 3.63) is 35.2 Å². The van der Waals surface area contributed by atoms with Crippen molar-refractivity contribution in [1.82, 2.24) is 20.4 Å². The van der Waals surface area contributed by atoms with Gasteiger partial charge in [-0.2, -0.15) is 4.98 Å². The van der Waals surface area contributed by atoms with Crippen molar-refractivity contribution in [3.8, 4) is 11.4 Å². The molecule has 2 heterocycles. The molecule has 0 unspecified atom stereocenters. The summed E-state index contributed by atoms with van der Waals surface area (Å²) in [5.74, 6) is 1.25. The van der Waals surface area contributed by atoms with Crippen LogP contribution in [0.25, 0.3) is 11.4 Å². The van der Waals surface area contributed by atoms with E-state index < -0.39 is 0 Å². The fraction of sp³-hybridized carbons (Fsp3) is 0.550. The van der Waals surface area contributed by atoms with Crippen molar-refractivity contribution in [2.45, 2.75) is 56.9 Å². The number of likely N-dealkylation sites (tertiary alicyclic amines) is 1. The molecule has 1 aliphatic carbocycles. The quantitative estimate of drug-likeness (QED) is 0.833. The van der Waals surface area contributed by atoms with E-state index in [9.17, 15) is 4.79 Å². The molecule has 1 saturated heterocycles. The summed E-state index contributed by atoms with van der Waals surface area (Å²) in [6.07, 6.45) is 7.79. The second-order valence-electron chi connectivity index (χ2n) is 7.53. The molecule has 4 rings (SSSR count). The van der Waals surface area contributed by atoms with E-state index >= 15 is 0 Å². The Morgan fingerprint density at radius 1 is 1.11 bits per heavy atom. The lowest BCUT2D eigenvalue weighted by Gasteiger charge is -2.33. The van der Waals surface area contributed by atoms with Gasteiger partial charge in [0.2, 0.25) is 11.7 Å². The number of amides is 2. The standard InChI is InChI=1S/C20H25ClN4O2/c21-16-10-8-14(9-11-16)18-23-19(27-24-18)15-5-4-12-25(13-15)20(26)22-17-6-2-1-3-7-17/h8-11,15,17H,1-7,12-13H2,(H,22,26)/t15-/m0/s1. The lowest BCUT2D eigenvalue weighted by molar-refractivity contribution is 0.166. The molecule has 2 aromatic rings. The minimum atomic E-state index is 0.0454. The number of nitrogens with zero attached hydrogens (tertiary/aromatic N) is 3. The second-order valence-corrected chi connectivity index (χ2v) is 7.97.